The molecule has 0 saturated heterocycles. The molecule has 2 heterocycles. The molecule has 0 bridgehead atoms. The van der Waals surface area contributed by atoms with Crippen LogP contribution < -0.4 is 10.5 Å². The maximum absolute atomic E-state index is 9.59. The van der Waals surface area contributed by atoms with Crippen LogP contribution in [-0.2, 0) is 0 Å². The van der Waals surface area contributed by atoms with Crippen LogP contribution in [0.5, 0.6) is 5.75 Å². The lowest BCUT2D eigenvalue weighted by Gasteiger charge is -2.24. The fourth-order valence-corrected chi connectivity index (χ4v) is 4.59. The summed E-state index contributed by atoms with van der Waals surface area (Å²) in [7, 11) is 0. The molecule has 2 N–H and O–H groups in total. The number of hydrogen-bond donors (Lipinski definition) is 1. The molecule has 2 aromatic carbocycles. The van der Waals surface area contributed by atoms with Gasteiger partial charge < -0.3 is 10.5 Å². The topological polar surface area (TPSA) is 59.0 Å². The number of benzene rings is 2. The Kier molecular flexibility index (Phi) is 3.37. The summed E-state index contributed by atoms with van der Waals surface area (Å²) in [5.41, 5.74) is 7.53. The van der Waals surface area contributed by atoms with Crippen LogP contribution in [0.15, 0.2) is 64.5 Å². The van der Waals surface area contributed by atoms with Crippen molar-refractivity contribution in [2.75, 3.05) is 0 Å². The molecule has 3 aromatic rings. The van der Waals surface area contributed by atoms with Crippen LogP contribution in [0.1, 0.15) is 16.4 Å². The van der Waals surface area contributed by atoms with Crippen LogP contribution >= 0.6 is 27.3 Å². The van der Waals surface area contributed by atoms with E-state index in [2.05, 4.69) is 28.1 Å². The van der Waals surface area contributed by atoms with Crippen LogP contribution in [-0.4, -0.2) is 0 Å². The molecule has 3 nitrogen and oxygen atoms in total. The summed E-state index contributed by atoms with van der Waals surface area (Å²) in [4.78, 5) is 1.02. The zero-order valence-electron chi connectivity index (χ0n) is 11.9. The first-order valence-corrected chi connectivity index (χ1v) is 8.64. The van der Waals surface area contributed by atoms with Gasteiger partial charge in [-0.3, -0.25) is 0 Å². The van der Waals surface area contributed by atoms with Crippen LogP contribution in [0.4, 0.5) is 0 Å². The lowest BCUT2D eigenvalue weighted by molar-refractivity contribution is 0.401. The summed E-state index contributed by atoms with van der Waals surface area (Å²) in [5.74, 6) is 0.763. The molecule has 0 amide bonds. The SMILES string of the molecule is N#CC1=C(N)Oc2c(sc3ccccc23)C1c1cccc(Br)c1. The van der Waals surface area contributed by atoms with Gasteiger partial charge in [-0.1, -0.05) is 40.2 Å². The second-order valence-corrected chi connectivity index (χ2v) is 7.27. The van der Waals surface area contributed by atoms with Gasteiger partial charge in [0.2, 0.25) is 5.88 Å². The highest BCUT2D eigenvalue weighted by Gasteiger charge is 2.33. The number of fused-ring (bicyclic) bond motifs is 3. The van der Waals surface area contributed by atoms with Crippen molar-refractivity contribution in [3.05, 3.63) is 74.9 Å². The Morgan fingerprint density at radius 3 is 2.78 bits per heavy atom. The van der Waals surface area contributed by atoms with Gasteiger partial charge in [-0.15, -0.1) is 11.3 Å². The Morgan fingerprint density at radius 1 is 1.17 bits per heavy atom. The van der Waals surface area contributed by atoms with Crippen LogP contribution in [0, 0.1) is 11.3 Å². The maximum atomic E-state index is 9.59. The Balaban J connectivity index is 2.02. The summed E-state index contributed by atoms with van der Waals surface area (Å²) >= 11 is 5.15. The van der Waals surface area contributed by atoms with Crippen LogP contribution in [0.3, 0.4) is 0 Å². The summed E-state index contributed by atoms with van der Waals surface area (Å²) in [6, 6.07) is 18.3. The molecule has 5 heteroatoms. The minimum atomic E-state index is -0.196. The zero-order valence-corrected chi connectivity index (χ0v) is 14.3. The Labute approximate surface area is 145 Å². The average molecular weight is 383 g/mol. The van der Waals surface area contributed by atoms with E-state index in [1.807, 2.05) is 42.5 Å². The quantitative estimate of drug-likeness (QED) is 0.652. The molecule has 0 spiro atoms. The van der Waals surface area contributed by atoms with Crippen molar-refractivity contribution in [1.82, 2.24) is 0 Å². The fraction of sp³-hybridized carbons (Fsp3) is 0.0556. The number of thiophene rings is 1. The predicted octanol–water partition coefficient (Wildman–Crippen LogP) is 4.88. The van der Waals surface area contributed by atoms with Gasteiger partial charge in [0.05, 0.1) is 10.8 Å². The van der Waals surface area contributed by atoms with Crippen LogP contribution in [0.25, 0.3) is 10.1 Å². The van der Waals surface area contributed by atoms with Crippen molar-refractivity contribution in [3.63, 3.8) is 0 Å². The first-order chi connectivity index (χ1) is 11.2. The third-order valence-corrected chi connectivity index (χ3v) is 5.62. The molecule has 0 aliphatic carbocycles. The predicted molar refractivity (Wildman–Crippen MR) is 95.3 cm³/mol. The van der Waals surface area contributed by atoms with Gasteiger partial charge in [-0.2, -0.15) is 5.26 Å². The van der Waals surface area contributed by atoms with Crippen molar-refractivity contribution >= 4 is 37.4 Å². The summed E-state index contributed by atoms with van der Waals surface area (Å²) in [6.45, 7) is 0. The van der Waals surface area contributed by atoms with E-state index in [1.165, 1.54) is 0 Å². The molecule has 112 valence electrons. The molecule has 0 radical (unpaired) electrons. The van der Waals surface area contributed by atoms with Gasteiger partial charge in [0.15, 0.2) is 5.75 Å². The third-order valence-electron chi connectivity index (χ3n) is 3.91. The molecule has 1 aliphatic heterocycles. The van der Waals surface area contributed by atoms with E-state index in [4.69, 9.17) is 10.5 Å². The Hall–Kier alpha value is -2.29. The average Bonchev–Trinajstić information content (AvgIpc) is 2.91. The van der Waals surface area contributed by atoms with E-state index in [0.717, 1.165) is 30.7 Å². The summed E-state index contributed by atoms with van der Waals surface area (Å²) in [5, 5.41) is 10.6. The summed E-state index contributed by atoms with van der Waals surface area (Å²) < 4.78 is 7.91. The van der Waals surface area contributed by atoms with E-state index in [1.54, 1.807) is 11.3 Å². The zero-order chi connectivity index (χ0) is 16.0. The second-order valence-electron chi connectivity index (χ2n) is 5.27. The number of ether oxygens (including phenoxy) is 1. The van der Waals surface area contributed by atoms with Crippen LogP contribution in [0.2, 0.25) is 0 Å². The molecular weight excluding hydrogens is 372 g/mol. The second kappa shape index (κ2) is 5.41. The number of rotatable bonds is 1. The lowest BCUT2D eigenvalue weighted by atomic mass is 9.88. The number of nitriles is 1. The van der Waals surface area contributed by atoms with Crippen molar-refractivity contribution in [2.45, 2.75) is 5.92 Å². The van der Waals surface area contributed by atoms with E-state index >= 15 is 0 Å². The van der Waals surface area contributed by atoms with Gasteiger partial charge in [0.1, 0.15) is 11.6 Å². The molecule has 0 saturated carbocycles. The monoisotopic (exact) mass is 382 g/mol. The third kappa shape index (κ3) is 2.23. The number of nitrogens with two attached hydrogens (primary N) is 1. The van der Waals surface area contributed by atoms with Crippen molar-refractivity contribution in [1.29, 1.82) is 5.26 Å². The molecule has 1 atom stereocenters. The van der Waals surface area contributed by atoms with Gasteiger partial charge in [-0.25, -0.2) is 0 Å². The maximum Gasteiger partial charge on any atom is 0.205 e. The highest BCUT2D eigenvalue weighted by atomic mass is 79.9. The standard InChI is InChI=1S/C18H11BrN2OS/c19-11-5-3-4-10(8-11)15-13(9-20)18(21)22-16-12-6-1-2-7-14(12)23-17(15)16/h1-8,15H,21H2. The van der Waals surface area contributed by atoms with Gasteiger partial charge in [0.25, 0.3) is 0 Å². The Bertz CT molecular complexity index is 1000. The number of hydrogen-bond acceptors (Lipinski definition) is 4. The van der Waals surface area contributed by atoms with E-state index in [9.17, 15) is 5.26 Å². The van der Waals surface area contributed by atoms with E-state index < -0.39 is 0 Å². The summed E-state index contributed by atoms with van der Waals surface area (Å²) in [6.07, 6.45) is 0. The molecular formula is C18H11BrN2OS. The van der Waals surface area contributed by atoms with Gasteiger partial charge in [0, 0.05) is 14.6 Å². The van der Waals surface area contributed by atoms with E-state index in [0.29, 0.717) is 5.57 Å². The number of nitrogens with zero attached hydrogens (tertiary/aromatic N) is 1. The van der Waals surface area contributed by atoms with Crippen molar-refractivity contribution in [2.24, 2.45) is 5.73 Å². The van der Waals surface area contributed by atoms with E-state index in [-0.39, 0.29) is 11.8 Å². The van der Waals surface area contributed by atoms with Gasteiger partial charge >= 0.3 is 0 Å². The number of allylic oxidation sites excluding steroid dienone is 1. The number of halogens is 1. The lowest BCUT2D eigenvalue weighted by Crippen LogP contribution is -2.19. The largest absolute Gasteiger partial charge is 0.439 e. The fourth-order valence-electron chi connectivity index (χ4n) is 2.90. The highest BCUT2D eigenvalue weighted by Crippen LogP contribution is 2.50. The first-order valence-electron chi connectivity index (χ1n) is 7.03. The minimum Gasteiger partial charge on any atom is -0.439 e. The highest BCUT2D eigenvalue weighted by molar-refractivity contribution is 9.10. The minimum absolute atomic E-state index is 0.188. The first kappa shape index (κ1) is 14.3. The molecule has 1 aromatic heterocycles. The smallest absolute Gasteiger partial charge is 0.205 e. The van der Waals surface area contributed by atoms with Gasteiger partial charge in [-0.05, 0) is 29.8 Å². The Morgan fingerprint density at radius 2 is 2.00 bits per heavy atom. The van der Waals surface area contributed by atoms with Crippen molar-refractivity contribution < 1.29 is 4.74 Å². The molecule has 4 rings (SSSR count). The molecule has 0 fully saturated rings. The molecule has 1 unspecified atom stereocenters. The molecule has 23 heavy (non-hydrogen) atoms. The normalized spacial score (nSPS) is 16.8. The van der Waals surface area contributed by atoms with Crippen molar-refractivity contribution in [3.8, 4) is 11.8 Å². The molecule has 1 aliphatic rings.